The fraction of sp³-hybridized carbons (Fsp3) is 0.300. The van der Waals surface area contributed by atoms with Crippen LogP contribution in [-0.4, -0.2) is 13.7 Å². The summed E-state index contributed by atoms with van der Waals surface area (Å²) in [6, 6.07) is 8.60. The average molecular weight is 280 g/mol. The van der Waals surface area contributed by atoms with E-state index in [1.807, 2.05) is 0 Å². The molecule has 0 spiro atoms. The van der Waals surface area contributed by atoms with Gasteiger partial charge in [-0.2, -0.15) is 0 Å². The van der Waals surface area contributed by atoms with E-state index in [2.05, 4.69) is 62.9 Å². The van der Waals surface area contributed by atoms with Crippen LogP contribution in [0.5, 0.6) is 0 Å². The smallest absolute Gasteiger partial charge is 0.0649 e. The number of hydrogen-bond donors (Lipinski definition) is 0. The van der Waals surface area contributed by atoms with Crippen molar-refractivity contribution < 1.29 is 4.74 Å². The summed E-state index contributed by atoms with van der Waals surface area (Å²) in [5.41, 5.74) is 7.64. The van der Waals surface area contributed by atoms with Gasteiger partial charge in [0.1, 0.15) is 0 Å². The van der Waals surface area contributed by atoms with E-state index in [4.69, 9.17) is 4.74 Å². The van der Waals surface area contributed by atoms with Crippen LogP contribution < -0.4 is 0 Å². The first-order valence-corrected chi connectivity index (χ1v) is 7.47. The van der Waals surface area contributed by atoms with Crippen LogP contribution in [-0.2, 0) is 4.74 Å². The molecule has 2 rings (SSSR count). The molecule has 0 unspecified atom stereocenters. The van der Waals surface area contributed by atoms with Gasteiger partial charge in [0.2, 0.25) is 0 Å². The number of ether oxygens (including phenoxy) is 1. The van der Waals surface area contributed by atoms with Crippen molar-refractivity contribution >= 4 is 6.08 Å². The van der Waals surface area contributed by atoms with Crippen LogP contribution in [0.25, 0.3) is 6.08 Å². The van der Waals surface area contributed by atoms with E-state index in [1.165, 1.54) is 27.8 Å². The van der Waals surface area contributed by atoms with Crippen molar-refractivity contribution in [1.29, 1.82) is 0 Å². The Balaban J connectivity index is 2.28. The summed E-state index contributed by atoms with van der Waals surface area (Å²) < 4.78 is 5.16. The van der Waals surface area contributed by atoms with E-state index in [0.717, 1.165) is 18.4 Å². The molecule has 21 heavy (non-hydrogen) atoms. The molecule has 0 atom stereocenters. The molecule has 0 saturated heterocycles. The molecule has 0 bridgehead atoms. The zero-order valence-corrected chi connectivity index (χ0v) is 13.3. The first-order chi connectivity index (χ1) is 10.2. The van der Waals surface area contributed by atoms with E-state index in [-0.39, 0.29) is 0 Å². The van der Waals surface area contributed by atoms with E-state index >= 15 is 0 Å². The van der Waals surface area contributed by atoms with Crippen LogP contribution >= 0.6 is 0 Å². The van der Waals surface area contributed by atoms with Crippen LogP contribution in [0.1, 0.15) is 30.9 Å². The van der Waals surface area contributed by atoms with Crippen LogP contribution in [0, 0.1) is 6.92 Å². The largest absolute Gasteiger partial charge is 0.381 e. The topological polar surface area (TPSA) is 9.23 Å². The van der Waals surface area contributed by atoms with Gasteiger partial charge in [-0.05, 0) is 54.5 Å². The minimum absolute atomic E-state index is 0.664. The normalized spacial score (nSPS) is 21.5. The van der Waals surface area contributed by atoms with Crippen molar-refractivity contribution in [2.24, 2.45) is 0 Å². The van der Waals surface area contributed by atoms with Gasteiger partial charge in [-0.1, -0.05) is 54.6 Å². The predicted octanol–water partition coefficient (Wildman–Crippen LogP) is 5.25. The molecule has 1 saturated carbocycles. The molecule has 1 aromatic rings. The van der Waals surface area contributed by atoms with Crippen LogP contribution in [0.2, 0.25) is 0 Å². The summed E-state index contributed by atoms with van der Waals surface area (Å²) >= 11 is 0. The lowest BCUT2D eigenvalue weighted by molar-refractivity contribution is 0.233. The maximum Gasteiger partial charge on any atom is 0.0649 e. The lowest BCUT2D eigenvalue weighted by atomic mass is 9.81. The zero-order chi connectivity index (χ0) is 15.2. The monoisotopic (exact) mass is 280 g/mol. The quantitative estimate of drug-likeness (QED) is 0.735. The number of hydrogen-bond acceptors (Lipinski definition) is 1. The van der Waals surface area contributed by atoms with E-state index in [9.17, 15) is 0 Å². The Morgan fingerprint density at radius 3 is 2.67 bits per heavy atom. The molecule has 0 N–H and O–H groups in total. The van der Waals surface area contributed by atoms with E-state index in [1.54, 1.807) is 7.11 Å². The Bertz CT molecular complexity index is 614. The number of aryl methyl sites for hydroxylation is 1. The lowest BCUT2D eigenvalue weighted by Crippen LogP contribution is -2.06. The molecular weight excluding hydrogens is 256 g/mol. The maximum atomic E-state index is 5.16. The molecule has 110 valence electrons. The van der Waals surface area contributed by atoms with Gasteiger partial charge in [-0.25, -0.2) is 0 Å². The van der Waals surface area contributed by atoms with Gasteiger partial charge in [-0.15, -0.1) is 0 Å². The Morgan fingerprint density at radius 2 is 2.00 bits per heavy atom. The van der Waals surface area contributed by atoms with Crippen LogP contribution in [0.15, 0.2) is 65.3 Å². The summed E-state index contributed by atoms with van der Waals surface area (Å²) in [6.07, 6.45) is 8.70. The molecule has 1 heteroatoms. The highest BCUT2D eigenvalue weighted by molar-refractivity contribution is 5.67. The third kappa shape index (κ3) is 3.83. The summed E-state index contributed by atoms with van der Waals surface area (Å²) in [5, 5.41) is 0. The summed E-state index contributed by atoms with van der Waals surface area (Å²) in [5.74, 6) is 0. The molecule has 1 aliphatic carbocycles. The first-order valence-electron chi connectivity index (χ1n) is 7.47. The molecule has 1 aliphatic rings. The molecular formula is C20H24O. The van der Waals surface area contributed by atoms with Gasteiger partial charge < -0.3 is 4.74 Å². The van der Waals surface area contributed by atoms with Crippen molar-refractivity contribution in [1.82, 2.24) is 0 Å². The Kier molecular flexibility index (Phi) is 5.35. The molecule has 1 fully saturated rings. The minimum atomic E-state index is 0.664. The number of allylic oxidation sites excluding steroid dienone is 5. The molecule has 1 aromatic carbocycles. The molecule has 0 heterocycles. The number of rotatable bonds is 3. The summed E-state index contributed by atoms with van der Waals surface area (Å²) in [7, 11) is 1.73. The molecule has 0 aliphatic heterocycles. The average Bonchev–Trinajstić information content (AvgIpc) is 2.47. The van der Waals surface area contributed by atoms with Crippen LogP contribution in [0.4, 0.5) is 0 Å². The predicted molar refractivity (Wildman–Crippen MR) is 91.2 cm³/mol. The van der Waals surface area contributed by atoms with Gasteiger partial charge in [0, 0.05) is 7.11 Å². The number of methoxy groups -OCH3 is 1. The Hall–Kier alpha value is -1.86. The van der Waals surface area contributed by atoms with Crippen molar-refractivity contribution in [3.05, 3.63) is 76.4 Å². The van der Waals surface area contributed by atoms with Crippen molar-refractivity contribution in [3.8, 4) is 0 Å². The van der Waals surface area contributed by atoms with Crippen molar-refractivity contribution in [2.75, 3.05) is 13.7 Å². The highest BCUT2D eigenvalue weighted by Crippen LogP contribution is 2.37. The van der Waals surface area contributed by atoms with Crippen molar-refractivity contribution in [3.63, 3.8) is 0 Å². The van der Waals surface area contributed by atoms with Gasteiger partial charge in [-0.3, -0.25) is 0 Å². The fourth-order valence-electron chi connectivity index (χ4n) is 2.80. The second-order valence-electron chi connectivity index (χ2n) is 5.45. The van der Waals surface area contributed by atoms with Gasteiger partial charge >= 0.3 is 0 Å². The Labute approximate surface area is 128 Å². The number of benzene rings is 1. The van der Waals surface area contributed by atoms with Gasteiger partial charge in [0.15, 0.2) is 0 Å². The highest BCUT2D eigenvalue weighted by atomic mass is 16.5. The zero-order valence-electron chi connectivity index (χ0n) is 13.3. The molecule has 0 amide bonds. The van der Waals surface area contributed by atoms with E-state index < -0.39 is 0 Å². The standard InChI is InChI=1S/C20H24O/c1-5-20-16(3)19(10-9-18(20)11-12-21-4)14-17-8-6-7-15(2)13-17/h5-8,11,13-14H,3,9-10,12H2,1-2,4H3/b18-11-,19-14+,20-5-. The Morgan fingerprint density at radius 1 is 1.24 bits per heavy atom. The second-order valence-corrected chi connectivity index (χ2v) is 5.45. The van der Waals surface area contributed by atoms with Gasteiger partial charge in [0.05, 0.1) is 6.61 Å². The van der Waals surface area contributed by atoms with E-state index in [0.29, 0.717) is 6.61 Å². The highest BCUT2D eigenvalue weighted by Gasteiger charge is 2.18. The maximum absolute atomic E-state index is 5.16. The minimum Gasteiger partial charge on any atom is -0.381 e. The molecule has 1 nitrogen and oxygen atoms in total. The molecule has 0 aromatic heterocycles. The lowest BCUT2D eigenvalue weighted by Gasteiger charge is -2.24. The first kappa shape index (κ1) is 15.5. The summed E-state index contributed by atoms with van der Waals surface area (Å²) in [4.78, 5) is 0. The fourth-order valence-corrected chi connectivity index (χ4v) is 2.80. The third-order valence-corrected chi connectivity index (χ3v) is 3.89. The molecule has 0 radical (unpaired) electrons. The SMILES string of the molecule is C=C1/C(=C/c2cccc(C)c2)CCC(=C/COC)/C1=C\C. The third-order valence-electron chi connectivity index (χ3n) is 3.89. The van der Waals surface area contributed by atoms with Crippen LogP contribution in [0.3, 0.4) is 0 Å². The van der Waals surface area contributed by atoms with Crippen molar-refractivity contribution in [2.45, 2.75) is 26.7 Å². The second kappa shape index (κ2) is 7.24. The summed E-state index contributed by atoms with van der Waals surface area (Å²) in [6.45, 7) is 9.18. The van der Waals surface area contributed by atoms with Gasteiger partial charge in [0.25, 0.3) is 0 Å².